The predicted molar refractivity (Wildman–Crippen MR) is 39.5 cm³/mol. The van der Waals surface area contributed by atoms with Crippen LogP contribution in [0.15, 0.2) is 28.9 Å². The number of carbonyl (C=O) groups is 1. The first-order chi connectivity index (χ1) is 4.80. The van der Waals surface area contributed by atoms with Gasteiger partial charge in [-0.2, -0.15) is 0 Å². The van der Waals surface area contributed by atoms with Gasteiger partial charge in [-0.15, -0.1) is 0 Å². The lowest BCUT2D eigenvalue weighted by Crippen LogP contribution is -2.12. The maximum Gasteiger partial charge on any atom is 0.248 e. The topological polar surface area (TPSA) is 55.5 Å². The standard InChI is InChI=1S/C7H8N2O/c8-7(10)6-2-1-4-9-5-3-6/h2-5H,1H2,(H2,8,10). The van der Waals surface area contributed by atoms with Gasteiger partial charge >= 0.3 is 0 Å². The van der Waals surface area contributed by atoms with Gasteiger partial charge in [0.15, 0.2) is 0 Å². The van der Waals surface area contributed by atoms with E-state index in [4.69, 9.17) is 5.73 Å². The second-order valence-corrected chi connectivity index (χ2v) is 1.91. The van der Waals surface area contributed by atoms with Crippen LogP contribution in [0.25, 0.3) is 0 Å². The quantitative estimate of drug-likeness (QED) is 0.556. The van der Waals surface area contributed by atoms with Gasteiger partial charge in [0.05, 0.1) is 0 Å². The summed E-state index contributed by atoms with van der Waals surface area (Å²) in [4.78, 5) is 14.4. The average molecular weight is 136 g/mol. The van der Waals surface area contributed by atoms with Crippen molar-refractivity contribution in [2.75, 3.05) is 0 Å². The van der Waals surface area contributed by atoms with Crippen LogP contribution < -0.4 is 5.73 Å². The van der Waals surface area contributed by atoms with Gasteiger partial charge in [0.2, 0.25) is 5.91 Å². The molecular formula is C7H8N2O. The van der Waals surface area contributed by atoms with Crippen molar-refractivity contribution in [3.05, 3.63) is 23.9 Å². The highest BCUT2D eigenvalue weighted by Gasteiger charge is 1.99. The lowest BCUT2D eigenvalue weighted by Gasteiger charge is -1.89. The molecule has 0 saturated heterocycles. The Bertz CT molecular complexity index is 226. The van der Waals surface area contributed by atoms with E-state index in [0.717, 1.165) is 0 Å². The minimum absolute atomic E-state index is 0.401. The molecule has 0 bridgehead atoms. The summed E-state index contributed by atoms with van der Waals surface area (Å²) in [5, 5.41) is 0. The maximum atomic E-state index is 10.6. The summed E-state index contributed by atoms with van der Waals surface area (Å²) in [6.45, 7) is 0. The highest BCUT2D eigenvalue weighted by molar-refractivity contribution is 5.95. The third-order valence-electron chi connectivity index (χ3n) is 1.17. The summed E-state index contributed by atoms with van der Waals surface area (Å²) in [5.74, 6) is -0.401. The van der Waals surface area contributed by atoms with E-state index in [0.29, 0.717) is 12.0 Å². The van der Waals surface area contributed by atoms with E-state index in [1.165, 1.54) is 0 Å². The summed E-state index contributed by atoms with van der Waals surface area (Å²) in [5.41, 5.74) is 5.55. The Balaban J connectivity index is 2.78. The van der Waals surface area contributed by atoms with Gasteiger partial charge < -0.3 is 5.73 Å². The first-order valence-electron chi connectivity index (χ1n) is 2.99. The molecule has 0 atom stereocenters. The number of amides is 1. The molecule has 0 fully saturated rings. The second kappa shape index (κ2) is 2.96. The van der Waals surface area contributed by atoms with Crippen molar-refractivity contribution < 1.29 is 4.79 Å². The highest BCUT2D eigenvalue weighted by Crippen LogP contribution is 2.00. The van der Waals surface area contributed by atoms with Crippen molar-refractivity contribution in [2.24, 2.45) is 10.7 Å². The van der Waals surface area contributed by atoms with Crippen LogP contribution in [-0.4, -0.2) is 12.1 Å². The van der Waals surface area contributed by atoms with E-state index in [-0.39, 0.29) is 0 Å². The Morgan fingerprint density at radius 1 is 1.70 bits per heavy atom. The number of allylic oxidation sites excluding steroid dienone is 1. The van der Waals surface area contributed by atoms with Gasteiger partial charge in [-0.3, -0.25) is 9.79 Å². The number of hydrogen-bond donors (Lipinski definition) is 1. The summed E-state index contributed by atoms with van der Waals surface area (Å²) >= 11 is 0. The number of rotatable bonds is 1. The van der Waals surface area contributed by atoms with Crippen LogP contribution in [0.1, 0.15) is 6.42 Å². The second-order valence-electron chi connectivity index (χ2n) is 1.91. The largest absolute Gasteiger partial charge is 0.366 e. The number of carbonyl (C=O) groups excluding carboxylic acids is 1. The molecule has 1 aliphatic rings. The van der Waals surface area contributed by atoms with Gasteiger partial charge in [-0.25, -0.2) is 0 Å². The molecule has 0 aromatic carbocycles. The minimum atomic E-state index is -0.401. The Morgan fingerprint density at radius 3 is 3.20 bits per heavy atom. The van der Waals surface area contributed by atoms with E-state index in [1.54, 1.807) is 24.6 Å². The van der Waals surface area contributed by atoms with Gasteiger partial charge in [-0.05, 0) is 6.08 Å². The van der Waals surface area contributed by atoms with E-state index in [2.05, 4.69) is 4.99 Å². The summed E-state index contributed by atoms with van der Waals surface area (Å²) < 4.78 is 0. The monoisotopic (exact) mass is 136 g/mol. The molecule has 2 N–H and O–H groups in total. The summed E-state index contributed by atoms with van der Waals surface area (Å²) in [6, 6.07) is 0. The SMILES string of the molecule is NC(=O)C1=CCC=NC=C1. The van der Waals surface area contributed by atoms with Gasteiger partial charge in [-0.1, -0.05) is 6.08 Å². The maximum absolute atomic E-state index is 10.6. The molecule has 52 valence electrons. The normalized spacial score (nSPS) is 16.2. The molecule has 0 radical (unpaired) electrons. The molecule has 1 aliphatic heterocycles. The van der Waals surface area contributed by atoms with E-state index < -0.39 is 5.91 Å². The molecule has 1 rings (SSSR count). The van der Waals surface area contributed by atoms with Crippen molar-refractivity contribution in [3.8, 4) is 0 Å². The van der Waals surface area contributed by atoms with Gasteiger partial charge in [0, 0.05) is 24.4 Å². The first-order valence-corrected chi connectivity index (χ1v) is 2.99. The fraction of sp³-hybridized carbons (Fsp3) is 0.143. The van der Waals surface area contributed by atoms with Crippen molar-refractivity contribution >= 4 is 12.1 Å². The third kappa shape index (κ3) is 1.55. The zero-order valence-corrected chi connectivity index (χ0v) is 5.45. The summed E-state index contributed by atoms with van der Waals surface area (Å²) in [7, 11) is 0. The number of nitrogens with zero attached hydrogens (tertiary/aromatic N) is 1. The van der Waals surface area contributed by atoms with Gasteiger partial charge in [0.25, 0.3) is 0 Å². The van der Waals surface area contributed by atoms with E-state index in [9.17, 15) is 4.79 Å². The third-order valence-corrected chi connectivity index (χ3v) is 1.17. The predicted octanol–water partition coefficient (Wildman–Crippen LogP) is 0.386. The molecule has 0 aromatic rings. The molecule has 1 amide bonds. The molecule has 0 spiro atoms. The number of aliphatic imine (C=N–C) groups is 1. The fourth-order valence-electron chi connectivity index (χ4n) is 0.675. The van der Waals surface area contributed by atoms with Crippen LogP contribution in [0, 0.1) is 0 Å². The van der Waals surface area contributed by atoms with E-state index >= 15 is 0 Å². The van der Waals surface area contributed by atoms with Crippen molar-refractivity contribution in [3.63, 3.8) is 0 Å². The highest BCUT2D eigenvalue weighted by atomic mass is 16.1. The summed E-state index contributed by atoms with van der Waals surface area (Å²) in [6.07, 6.45) is 7.29. The van der Waals surface area contributed by atoms with Gasteiger partial charge in [0.1, 0.15) is 0 Å². The Hall–Kier alpha value is -1.38. The molecule has 1 heterocycles. The van der Waals surface area contributed by atoms with E-state index in [1.807, 2.05) is 0 Å². The number of primary amides is 1. The molecule has 3 nitrogen and oxygen atoms in total. The van der Waals surface area contributed by atoms with Crippen LogP contribution in [0.3, 0.4) is 0 Å². The lowest BCUT2D eigenvalue weighted by atomic mass is 10.2. The molecule has 0 aliphatic carbocycles. The smallest absolute Gasteiger partial charge is 0.248 e. The Kier molecular flexibility index (Phi) is 1.99. The molecular weight excluding hydrogens is 128 g/mol. The van der Waals surface area contributed by atoms with Crippen molar-refractivity contribution in [2.45, 2.75) is 6.42 Å². The number of hydrogen-bond acceptors (Lipinski definition) is 2. The van der Waals surface area contributed by atoms with Crippen molar-refractivity contribution in [1.82, 2.24) is 0 Å². The molecule has 0 aromatic heterocycles. The van der Waals surface area contributed by atoms with Crippen LogP contribution in [0.2, 0.25) is 0 Å². The van der Waals surface area contributed by atoms with Crippen LogP contribution in [0.4, 0.5) is 0 Å². The van der Waals surface area contributed by atoms with Crippen LogP contribution in [0.5, 0.6) is 0 Å². The Morgan fingerprint density at radius 2 is 2.50 bits per heavy atom. The zero-order chi connectivity index (χ0) is 7.40. The minimum Gasteiger partial charge on any atom is -0.366 e. The first kappa shape index (κ1) is 6.74. The number of nitrogens with two attached hydrogens (primary N) is 1. The molecule has 0 saturated carbocycles. The average Bonchev–Trinajstić information content (AvgIpc) is 2.12. The molecule has 0 unspecified atom stereocenters. The lowest BCUT2D eigenvalue weighted by molar-refractivity contribution is -0.114. The molecule has 3 heteroatoms. The zero-order valence-electron chi connectivity index (χ0n) is 5.45. The fourth-order valence-corrected chi connectivity index (χ4v) is 0.675. The Labute approximate surface area is 58.9 Å². The van der Waals surface area contributed by atoms with Crippen molar-refractivity contribution in [1.29, 1.82) is 0 Å². The molecule has 10 heavy (non-hydrogen) atoms. The van der Waals surface area contributed by atoms with Crippen LogP contribution in [-0.2, 0) is 4.79 Å². The van der Waals surface area contributed by atoms with Crippen LogP contribution >= 0.6 is 0 Å².